The van der Waals surface area contributed by atoms with Gasteiger partial charge in [0.05, 0.1) is 29.8 Å². The minimum Gasteiger partial charge on any atom is -0.462 e. The maximum atomic E-state index is 12.2. The molecular formula is C20H20N4O3S. The number of nitrogens with two attached hydrogens (primary N) is 1. The van der Waals surface area contributed by atoms with Gasteiger partial charge in [0.2, 0.25) is 5.91 Å². The Kier molecular flexibility index (Phi) is 6.33. The van der Waals surface area contributed by atoms with Crippen LogP contribution in [0.4, 0.5) is 5.69 Å². The van der Waals surface area contributed by atoms with E-state index in [2.05, 4.69) is 10.3 Å². The maximum absolute atomic E-state index is 12.2. The topological polar surface area (TPSA) is 99.2 Å². The van der Waals surface area contributed by atoms with E-state index >= 15 is 0 Å². The van der Waals surface area contributed by atoms with Crippen molar-refractivity contribution < 1.29 is 14.3 Å². The van der Waals surface area contributed by atoms with Crippen LogP contribution in [0.1, 0.15) is 17.3 Å². The number of nitrogens with one attached hydrogen (secondary N) is 1. The molecule has 2 aromatic carbocycles. The molecule has 0 bridgehead atoms. The second-order valence-electron chi connectivity index (χ2n) is 5.82. The fourth-order valence-electron chi connectivity index (χ4n) is 2.46. The third-order valence-electron chi connectivity index (χ3n) is 3.78. The molecule has 3 aromatic rings. The summed E-state index contributed by atoms with van der Waals surface area (Å²) >= 11 is 1.25. The molecule has 3 N–H and O–H groups in total. The maximum Gasteiger partial charge on any atom is 0.338 e. The van der Waals surface area contributed by atoms with Gasteiger partial charge < -0.3 is 15.9 Å². The normalized spacial score (nSPS) is 10.5. The molecule has 7 nitrogen and oxygen atoms in total. The fraction of sp³-hybridized carbons (Fsp3) is 0.150. The van der Waals surface area contributed by atoms with E-state index in [0.29, 0.717) is 23.0 Å². The van der Waals surface area contributed by atoms with Gasteiger partial charge in [0.25, 0.3) is 0 Å². The summed E-state index contributed by atoms with van der Waals surface area (Å²) in [5.41, 5.74) is 2.74. The first kappa shape index (κ1) is 19.5. The monoisotopic (exact) mass is 396 g/mol. The number of imidazole rings is 1. The zero-order chi connectivity index (χ0) is 19.9. The average Bonchev–Trinajstić information content (AvgIpc) is 3.08. The second kappa shape index (κ2) is 9.09. The van der Waals surface area contributed by atoms with Gasteiger partial charge in [0, 0.05) is 11.3 Å². The molecule has 0 aliphatic rings. The lowest BCUT2D eigenvalue weighted by Crippen LogP contribution is -2.15. The van der Waals surface area contributed by atoms with Crippen molar-refractivity contribution in [3.63, 3.8) is 0 Å². The van der Waals surface area contributed by atoms with E-state index in [4.69, 9.17) is 10.6 Å². The molecule has 144 valence electrons. The van der Waals surface area contributed by atoms with Gasteiger partial charge in [-0.1, -0.05) is 42.1 Å². The Labute approximate surface area is 166 Å². The standard InChI is InChI=1S/C20H20N4O3S/c1-2-27-19(26)15-8-10-16(11-9-15)22-18(25)13-28-20-23-17(12-24(20)21)14-6-4-3-5-7-14/h3-12H,2,13,21H2,1H3,(H,22,25). The molecule has 0 radical (unpaired) electrons. The number of ether oxygens (including phenoxy) is 1. The highest BCUT2D eigenvalue weighted by molar-refractivity contribution is 7.99. The number of nitrogens with zero attached hydrogens (tertiary/aromatic N) is 2. The van der Waals surface area contributed by atoms with Crippen molar-refractivity contribution in [2.45, 2.75) is 12.1 Å². The third kappa shape index (κ3) is 4.92. The first-order valence-electron chi connectivity index (χ1n) is 8.66. The molecule has 0 unspecified atom stereocenters. The van der Waals surface area contributed by atoms with Crippen molar-refractivity contribution >= 4 is 29.3 Å². The predicted molar refractivity (Wildman–Crippen MR) is 110 cm³/mol. The fourth-order valence-corrected chi connectivity index (χ4v) is 3.16. The smallest absolute Gasteiger partial charge is 0.338 e. The Morgan fingerprint density at radius 2 is 1.86 bits per heavy atom. The number of hydrogen-bond acceptors (Lipinski definition) is 6. The molecule has 0 spiro atoms. The van der Waals surface area contributed by atoms with Crippen LogP contribution in [0, 0.1) is 0 Å². The minimum absolute atomic E-state index is 0.155. The average molecular weight is 396 g/mol. The van der Waals surface area contributed by atoms with Gasteiger partial charge in [-0.25, -0.2) is 14.5 Å². The van der Waals surface area contributed by atoms with E-state index < -0.39 is 0 Å². The number of thioether (sulfide) groups is 1. The number of amides is 1. The number of carbonyl (C=O) groups is 2. The van der Waals surface area contributed by atoms with Crippen LogP contribution in [0.3, 0.4) is 0 Å². The molecule has 1 amide bonds. The quantitative estimate of drug-likeness (QED) is 0.362. The highest BCUT2D eigenvalue weighted by atomic mass is 32.2. The van der Waals surface area contributed by atoms with Crippen molar-refractivity contribution in [2.75, 3.05) is 23.5 Å². The van der Waals surface area contributed by atoms with Crippen molar-refractivity contribution in [1.82, 2.24) is 9.66 Å². The lowest BCUT2D eigenvalue weighted by atomic mass is 10.2. The van der Waals surface area contributed by atoms with Gasteiger partial charge in [0.1, 0.15) is 0 Å². The van der Waals surface area contributed by atoms with Crippen LogP contribution in [0.5, 0.6) is 0 Å². The Morgan fingerprint density at radius 1 is 1.14 bits per heavy atom. The van der Waals surface area contributed by atoms with Gasteiger partial charge in [0.15, 0.2) is 5.16 Å². The molecule has 0 fully saturated rings. The van der Waals surface area contributed by atoms with Crippen LogP contribution in [0.25, 0.3) is 11.3 Å². The molecule has 28 heavy (non-hydrogen) atoms. The highest BCUT2D eigenvalue weighted by Gasteiger charge is 2.12. The van der Waals surface area contributed by atoms with Crippen molar-refractivity contribution in [3.05, 3.63) is 66.4 Å². The van der Waals surface area contributed by atoms with E-state index in [1.54, 1.807) is 37.4 Å². The van der Waals surface area contributed by atoms with Crippen molar-refractivity contribution in [2.24, 2.45) is 0 Å². The summed E-state index contributed by atoms with van der Waals surface area (Å²) in [5, 5.41) is 3.33. The van der Waals surface area contributed by atoms with Gasteiger partial charge in [-0.2, -0.15) is 0 Å². The molecule has 0 aliphatic heterocycles. The SMILES string of the molecule is CCOC(=O)c1ccc(NC(=O)CSc2nc(-c3ccccc3)cn2N)cc1. The number of nitrogen functional groups attached to an aromatic ring is 1. The molecule has 3 rings (SSSR count). The number of esters is 1. The number of benzene rings is 2. The Morgan fingerprint density at radius 3 is 2.54 bits per heavy atom. The summed E-state index contributed by atoms with van der Waals surface area (Å²) in [7, 11) is 0. The number of aromatic nitrogens is 2. The van der Waals surface area contributed by atoms with E-state index in [1.807, 2.05) is 30.3 Å². The zero-order valence-electron chi connectivity index (χ0n) is 15.3. The minimum atomic E-state index is -0.389. The van der Waals surface area contributed by atoms with Crippen LogP contribution in [-0.2, 0) is 9.53 Å². The lowest BCUT2D eigenvalue weighted by Gasteiger charge is -2.06. The molecule has 0 saturated carbocycles. The zero-order valence-corrected chi connectivity index (χ0v) is 16.1. The van der Waals surface area contributed by atoms with Crippen LogP contribution in [0.2, 0.25) is 0 Å². The van der Waals surface area contributed by atoms with Gasteiger partial charge in [-0.05, 0) is 31.2 Å². The number of carbonyl (C=O) groups excluding carboxylic acids is 2. The largest absolute Gasteiger partial charge is 0.462 e. The molecule has 8 heteroatoms. The van der Waals surface area contributed by atoms with Gasteiger partial charge >= 0.3 is 5.97 Å². The summed E-state index contributed by atoms with van der Waals surface area (Å²) in [6, 6.07) is 16.2. The molecule has 1 aromatic heterocycles. The van der Waals surface area contributed by atoms with Gasteiger partial charge in [-0.3, -0.25) is 4.79 Å². The summed E-state index contributed by atoms with van der Waals surface area (Å²) < 4.78 is 6.34. The second-order valence-corrected chi connectivity index (χ2v) is 6.76. The first-order valence-corrected chi connectivity index (χ1v) is 9.65. The van der Waals surface area contributed by atoms with Crippen LogP contribution in [0.15, 0.2) is 66.0 Å². The lowest BCUT2D eigenvalue weighted by molar-refractivity contribution is -0.113. The van der Waals surface area contributed by atoms with E-state index in [9.17, 15) is 9.59 Å². The van der Waals surface area contributed by atoms with E-state index in [-0.39, 0.29) is 17.6 Å². The molecule has 0 saturated heterocycles. The summed E-state index contributed by atoms with van der Waals surface area (Å²) in [4.78, 5) is 28.3. The summed E-state index contributed by atoms with van der Waals surface area (Å²) in [5.74, 6) is 5.51. The van der Waals surface area contributed by atoms with Gasteiger partial charge in [-0.15, -0.1) is 0 Å². The van der Waals surface area contributed by atoms with E-state index in [0.717, 1.165) is 11.3 Å². The molecule has 0 aliphatic carbocycles. The number of rotatable bonds is 7. The summed E-state index contributed by atoms with van der Waals surface area (Å²) in [6.07, 6.45) is 1.73. The molecule has 1 heterocycles. The van der Waals surface area contributed by atoms with Crippen LogP contribution < -0.4 is 11.2 Å². The molecular weight excluding hydrogens is 376 g/mol. The first-order chi connectivity index (χ1) is 13.6. The highest BCUT2D eigenvalue weighted by Crippen LogP contribution is 2.23. The Hall–Kier alpha value is -3.26. The molecule has 0 atom stereocenters. The van der Waals surface area contributed by atoms with Crippen LogP contribution in [-0.4, -0.2) is 33.9 Å². The third-order valence-corrected chi connectivity index (χ3v) is 4.75. The Bertz CT molecular complexity index is 955. The number of anilines is 1. The van der Waals surface area contributed by atoms with E-state index in [1.165, 1.54) is 16.4 Å². The summed E-state index contributed by atoms with van der Waals surface area (Å²) in [6.45, 7) is 2.07. The number of hydrogen-bond donors (Lipinski definition) is 2. The van der Waals surface area contributed by atoms with Crippen LogP contribution >= 0.6 is 11.8 Å². The Balaban J connectivity index is 1.56. The van der Waals surface area contributed by atoms with Crippen molar-refractivity contribution in [1.29, 1.82) is 0 Å². The predicted octanol–water partition coefficient (Wildman–Crippen LogP) is 3.17. The van der Waals surface area contributed by atoms with Crippen molar-refractivity contribution in [3.8, 4) is 11.3 Å².